The minimum absolute atomic E-state index is 0.121. The molecule has 2 amide bonds. The van der Waals surface area contributed by atoms with Crippen LogP contribution in [0.3, 0.4) is 0 Å². The van der Waals surface area contributed by atoms with E-state index in [1.165, 1.54) is 5.52 Å². The lowest BCUT2D eigenvalue weighted by atomic mass is 10.1. The van der Waals surface area contributed by atoms with Crippen molar-refractivity contribution in [3.63, 3.8) is 0 Å². The number of carbonyl (C=O) groups excluding carboxylic acids is 1. The van der Waals surface area contributed by atoms with E-state index in [9.17, 15) is 4.79 Å². The van der Waals surface area contributed by atoms with Gasteiger partial charge in [-0.05, 0) is 57.0 Å². The van der Waals surface area contributed by atoms with Crippen molar-refractivity contribution in [2.75, 3.05) is 57.8 Å². The van der Waals surface area contributed by atoms with Crippen LogP contribution in [-0.4, -0.2) is 78.9 Å². The zero-order valence-corrected chi connectivity index (χ0v) is 18.3. The van der Waals surface area contributed by atoms with Gasteiger partial charge in [0.2, 0.25) is 0 Å². The maximum atomic E-state index is 12.3. The third-order valence-corrected chi connectivity index (χ3v) is 6.39. The minimum Gasteiger partial charge on any atom is -0.379 e. The average molecular weight is 414 g/mol. The number of likely N-dealkylation sites (tertiary alicyclic amines) is 1. The summed E-state index contributed by atoms with van der Waals surface area (Å²) in [6.07, 6.45) is 3.29. The van der Waals surface area contributed by atoms with Gasteiger partial charge >= 0.3 is 6.03 Å². The van der Waals surface area contributed by atoms with Crippen molar-refractivity contribution in [1.82, 2.24) is 19.7 Å². The van der Waals surface area contributed by atoms with E-state index in [0.29, 0.717) is 12.0 Å². The molecule has 1 aromatic carbocycles. The molecular weight excluding hydrogens is 378 g/mol. The monoisotopic (exact) mass is 413 g/mol. The smallest absolute Gasteiger partial charge is 0.319 e. The lowest BCUT2D eigenvalue weighted by Crippen LogP contribution is -2.38. The van der Waals surface area contributed by atoms with Crippen molar-refractivity contribution in [2.45, 2.75) is 32.9 Å². The molecule has 7 heteroatoms. The van der Waals surface area contributed by atoms with Gasteiger partial charge in [0, 0.05) is 68.1 Å². The maximum absolute atomic E-state index is 12.3. The summed E-state index contributed by atoms with van der Waals surface area (Å²) in [5.41, 5.74) is 2.04. The molecule has 2 aromatic rings. The highest BCUT2D eigenvalue weighted by molar-refractivity contribution is 5.92. The number of hydrogen-bond donors (Lipinski definition) is 2. The van der Waals surface area contributed by atoms with Crippen molar-refractivity contribution < 1.29 is 9.53 Å². The fourth-order valence-electron chi connectivity index (χ4n) is 4.46. The van der Waals surface area contributed by atoms with Crippen LogP contribution >= 0.6 is 0 Å². The summed E-state index contributed by atoms with van der Waals surface area (Å²) in [6, 6.07) is 8.72. The van der Waals surface area contributed by atoms with E-state index in [-0.39, 0.29) is 6.03 Å². The van der Waals surface area contributed by atoms with Crippen LogP contribution in [0.5, 0.6) is 0 Å². The van der Waals surface area contributed by atoms with Gasteiger partial charge in [0.15, 0.2) is 0 Å². The molecule has 1 atom stereocenters. The number of fused-ring (bicyclic) bond motifs is 1. The second-order valence-corrected chi connectivity index (χ2v) is 8.82. The highest BCUT2D eigenvalue weighted by Crippen LogP contribution is 2.21. The minimum atomic E-state index is -0.121. The zero-order valence-electron chi connectivity index (χ0n) is 18.3. The molecule has 0 spiro atoms. The predicted octanol–water partition coefficient (Wildman–Crippen LogP) is 2.83. The number of urea groups is 1. The number of ether oxygens (including phenoxy) is 1. The molecule has 1 unspecified atom stereocenters. The highest BCUT2D eigenvalue weighted by Gasteiger charge is 2.24. The number of benzene rings is 1. The van der Waals surface area contributed by atoms with Gasteiger partial charge in [-0.15, -0.1) is 0 Å². The second-order valence-electron chi connectivity index (χ2n) is 8.82. The van der Waals surface area contributed by atoms with Gasteiger partial charge in [0.25, 0.3) is 0 Å². The molecule has 2 saturated heterocycles. The summed E-state index contributed by atoms with van der Waals surface area (Å²) in [5, 5.41) is 7.19. The van der Waals surface area contributed by atoms with Crippen molar-refractivity contribution in [3.8, 4) is 0 Å². The number of amides is 2. The van der Waals surface area contributed by atoms with Gasteiger partial charge in [-0.2, -0.15) is 0 Å². The lowest BCUT2D eigenvalue weighted by Gasteiger charge is -2.26. The third-order valence-electron chi connectivity index (χ3n) is 6.39. The van der Waals surface area contributed by atoms with E-state index in [4.69, 9.17) is 4.74 Å². The van der Waals surface area contributed by atoms with Crippen LogP contribution in [-0.2, 0) is 11.3 Å². The number of carbonyl (C=O) groups is 1. The van der Waals surface area contributed by atoms with Crippen LogP contribution < -0.4 is 10.6 Å². The molecule has 30 heavy (non-hydrogen) atoms. The van der Waals surface area contributed by atoms with Gasteiger partial charge in [0.1, 0.15) is 0 Å². The molecule has 2 fully saturated rings. The van der Waals surface area contributed by atoms with Gasteiger partial charge in [-0.1, -0.05) is 0 Å². The van der Waals surface area contributed by atoms with Crippen LogP contribution in [0.15, 0.2) is 30.5 Å². The quantitative estimate of drug-likeness (QED) is 0.733. The summed E-state index contributed by atoms with van der Waals surface area (Å²) >= 11 is 0. The number of anilines is 1. The summed E-state index contributed by atoms with van der Waals surface area (Å²) in [5.74, 6) is 0.543. The third kappa shape index (κ3) is 5.33. The lowest BCUT2D eigenvalue weighted by molar-refractivity contribution is 0.0365. The Balaban J connectivity index is 1.27. The highest BCUT2D eigenvalue weighted by atomic mass is 16.5. The van der Waals surface area contributed by atoms with E-state index >= 15 is 0 Å². The van der Waals surface area contributed by atoms with Gasteiger partial charge in [0.05, 0.1) is 13.2 Å². The predicted molar refractivity (Wildman–Crippen MR) is 121 cm³/mol. The molecule has 7 nitrogen and oxygen atoms in total. The Labute approximate surface area is 179 Å². The molecular formula is C23H35N5O2. The van der Waals surface area contributed by atoms with Crippen LogP contribution in [0, 0.1) is 5.92 Å². The van der Waals surface area contributed by atoms with Crippen molar-refractivity contribution in [1.29, 1.82) is 0 Å². The number of hydrogen-bond acceptors (Lipinski definition) is 4. The van der Waals surface area contributed by atoms with E-state index in [1.807, 2.05) is 6.07 Å². The topological polar surface area (TPSA) is 61.8 Å². The molecule has 0 radical (unpaired) electrons. The Kier molecular flexibility index (Phi) is 6.92. The Morgan fingerprint density at radius 3 is 2.77 bits per heavy atom. The first-order chi connectivity index (χ1) is 14.6. The number of aromatic nitrogens is 1. The first-order valence-corrected chi connectivity index (χ1v) is 11.3. The van der Waals surface area contributed by atoms with Crippen LogP contribution in [0.1, 0.15) is 20.3 Å². The van der Waals surface area contributed by atoms with Crippen molar-refractivity contribution >= 4 is 22.6 Å². The van der Waals surface area contributed by atoms with Crippen LogP contribution in [0.2, 0.25) is 0 Å². The molecule has 4 rings (SSSR count). The molecule has 164 valence electrons. The number of nitrogens with zero attached hydrogens (tertiary/aromatic N) is 3. The van der Waals surface area contributed by atoms with E-state index in [0.717, 1.165) is 76.5 Å². The van der Waals surface area contributed by atoms with E-state index in [2.05, 4.69) is 63.2 Å². The summed E-state index contributed by atoms with van der Waals surface area (Å²) in [4.78, 5) is 17.3. The van der Waals surface area contributed by atoms with Crippen molar-refractivity contribution in [2.24, 2.45) is 5.92 Å². The SMILES string of the molecule is CC(C)N1CCC(CNC(=O)Nc2ccc3c(ccn3CCN3CCOCC3)c2)C1. The van der Waals surface area contributed by atoms with Gasteiger partial charge in [-0.3, -0.25) is 4.90 Å². The maximum Gasteiger partial charge on any atom is 0.319 e. The normalized spacial score (nSPS) is 20.8. The van der Waals surface area contributed by atoms with Crippen molar-refractivity contribution in [3.05, 3.63) is 30.5 Å². The largest absolute Gasteiger partial charge is 0.379 e. The molecule has 2 N–H and O–H groups in total. The summed E-state index contributed by atoms with van der Waals surface area (Å²) < 4.78 is 7.71. The van der Waals surface area contributed by atoms with E-state index < -0.39 is 0 Å². The Bertz CT molecular complexity index is 843. The molecule has 0 saturated carbocycles. The fourth-order valence-corrected chi connectivity index (χ4v) is 4.46. The van der Waals surface area contributed by atoms with E-state index in [1.54, 1.807) is 0 Å². The van der Waals surface area contributed by atoms with Gasteiger partial charge in [-0.25, -0.2) is 4.79 Å². The standard InChI is InChI=1S/C23H35N5O2/c1-18(2)28-7-5-19(17-28)16-24-23(29)25-21-3-4-22-20(15-21)6-8-27(22)10-9-26-11-13-30-14-12-26/h3-4,6,8,15,18-19H,5,7,9-14,16-17H2,1-2H3,(H2,24,25,29). The second kappa shape index (κ2) is 9.81. The molecule has 0 bridgehead atoms. The molecule has 2 aliphatic heterocycles. The molecule has 2 aliphatic rings. The first kappa shape index (κ1) is 21.2. The summed E-state index contributed by atoms with van der Waals surface area (Å²) in [6.45, 7) is 13.1. The number of morpholine rings is 1. The molecule has 1 aromatic heterocycles. The molecule has 0 aliphatic carbocycles. The fraction of sp³-hybridized carbons (Fsp3) is 0.609. The Morgan fingerprint density at radius 1 is 1.17 bits per heavy atom. The zero-order chi connectivity index (χ0) is 20.9. The van der Waals surface area contributed by atoms with Crippen LogP contribution in [0.25, 0.3) is 10.9 Å². The average Bonchev–Trinajstić information content (AvgIpc) is 3.38. The number of rotatable bonds is 7. The van der Waals surface area contributed by atoms with Crippen LogP contribution in [0.4, 0.5) is 10.5 Å². The number of nitrogens with one attached hydrogen (secondary N) is 2. The molecule has 3 heterocycles. The Hall–Kier alpha value is -2.09. The first-order valence-electron chi connectivity index (χ1n) is 11.3. The Morgan fingerprint density at radius 2 is 2.00 bits per heavy atom. The van der Waals surface area contributed by atoms with Gasteiger partial charge < -0.3 is 24.8 Å². The summed E-state index contributed by atoms with van der Waals surface area (Å²) in [7, 11) is 0.